The number of hydrogen-bond donors (Lipinski definition) is 11. The van der Waals surface area contributed by atoms with Crippen LogP contribution in [0.4, 0.5) is 0 Å². The second kappa shape index (κ2) is 32.3. The van der Waals surface area contributed by atoms with Gasteiger partial charge in [-0.15, -0.1) is 12.3 Å². The zero-order chi connectivity index (χ0) is 34.2. The van der Waals surface area contributed by atoms with Crippen molar-refractivity contribution in [1.29, 1.82) is 0 Å². The fourth-order valence-electron chi connectivity index (χ4n) is 1.88. The normalized spacial score (nSPS) is 10.2. The van der Waals surface area contributed by atoms with E-state index < -0.39 is 61.3 Å². The Balaban J connectivity index is -0.000000385. The lowest BCUT2D eigenvalue weighted by Gasteiger charge is -2.13. The van der Waals surface area contributed by atoms with E-state index in [1.165, 1.54) is 6.92 Å². The first-order chi connectivity index (χ1) is 20.2. The molecule has 0 saturated carbocycles. The number of aliphatic carboxylic acids is 1. The summed E-state index contributed by atoms with van der Waals surface area (Å²) in [5.74, 6) is -1.70. The van der Waals surface area contributed by atoms with Gasteiger partial charge in [0.05, 0.1) is 19.6 Å². The van der Waals surface area contributed by atoms with Gasteiger partial charge in [0.25, 0.3) is 0 Å². The van der Waals surface area contributed by atoms with Crippen molar-refractivity contribution in [1.82, 2.24) is 26.6 Å². The van der Waals surface area contributed by atoms with Crippen molar-refractivity contribution in [2.45, 2.75) is 52.1 Å². The molecular formula is C24H45N9O8S2. The number of nitrogens with one attached hydrogen (secondary N) is 5. The molecule has 17 nitrogen and oxygen atoms in total. The van der Waals surface area contributed by atoms with Gasteiger partial charge in [0.15, 0.2) is 5.96 Å². The maximum Gasteiger partial charge on any atom is 0.327 e. The number of rotatable bonds is 16. The van der Waals surface area contributed by atoms with E-state index in [2.05, 4.69) is 75.4 Å². The molecule has 0 rings (SSSR count). The maximum absolute atomic E-state index is 11.6. The highest BCUT2D eigenvalue weighted by Crippen LogP contribution is 1.88. The highest BCUT2D eigenvalue weighted by atomic mass is 32.1. The lowest BCUT2D eigenvalue weighted by Crippen LogP contribution is -2.49. The number of carbonyl (C=O) groups is 7. The quantitative estimate of drug-likeness (QED) is 0.0257. The van der Waals surface area contributed by atoms with Crippen LogP contribution in [0.2, 0.25) is 0 Å². The highest BCUT2D eigenvalue weighted by Gasteiger charge is 2.19. The Bertz CT molecular complexity index is 923. The van der Waals surface area contributed by atoms with Crippen molar-refractivity contribution in [2.24, 2.45) is 22.2 Å². The average molecular weight is 652 g/mol. The molecule has 246 valence electrons. The van der Waals surface area contributed by atoms with Gasteiger partial charge in [-0.05, 0) is 12.8 Å². The van der Waals surface area contributed by atoms with Crippen molar-refractivity contribution < 1.29 is 38.7 Å². The van der Waals surface area contributed by atoms with Crippen molar-refractivity contribution in [3.8, 4) is 12.3 Å². The first-order valence-electron chi connectivity index (χ1n) is 12.7. The summed E-state index contributed by atoms with van der Waals surface area (Å²) in [6, 6.07) is -2.08. The second-order valence-corrected chi connectivity index (χ2v) is 8.53. The van der Waals surface area contributed by atoms with Gasteiger partial charge in [-0.3, -0.25) is 33.8 Å². The number of unbranched alkanes of at least 4 members (excludes halogenated alkanes) is 1. The summed E-state index contributed by atoms with van der Waals surface area (Å²) in [4.78, 5) is 80.2. The van der Waals surface area contributed by atoms with E-state index in [1.807, 2.05) is 6.92 Å². The Morgan fingerprint density at radius 2 is 1.35 bits per heavy atom. The molecule has 12 N–H and O–H groups in total. The van der Waals surface area contributed by atoms with Crippen LogP contribution >= 0.6 is 25.3 Å². The minimum atomic E-state index is -1.26. The zero-order valence-corrected chi connectivity index (χ0v) is 26.3. The van der Waals surface area contributed by atoms with Crippen molar-refractivity contribution >= 4 is 73.1 Å². The number of terminal acetylenes is 1. The molecule has 0 saturated heterocycles. The van der Waals surface area contributed by atoms with Crippen LogP contribution in [0.25, 0.3) is 0 Å². The third kappa shape index (κ3) is 37.8. The number of amides is 6. The first-order valence-corrected chi connectivity index (χ1v) is 13.9. The van der Waals surface area contributed by atoms with Crippen molar-refractivity contribution in [3.05, 3.63) is 0 Å². The molecule has 2 unspecified atom stereocenters. The van der Waals surface area contributed by atoms with Gasteiger partial charge in [0, 0.05) is 31.4 Å². The standard InChI is InChI=1S/C13H21N5O7S2.C5H8.C4H11N3.C2H5NO/c19-6-17-7(4-26)12(23)16-2-10(21)14-1-9(20)15-3-11(22)18-8(5-27)13(24)25;1-3-5-4-2;1-2-3-7-4(5)6;1-2(3)4/h6-8,26-27H,1-5H2,(H,14,21)(H,15,20)(H,16,23)(H,17,19)(H,18,22)(H,24,25);1H,4-5H2,2H3;2-3H2,1H3,(H4,5,6,7);1H3,(H2,3,4). The molecular weight excluding hydrogens is 606 g/mol. The predicted octanol–water partition coefficient (Wildman–Crippen LogP) is -3.54. The number of nitrogens with two attached hydrogens (primary N) is 3. The van der Waals surface area contributed by atoms with Gasteiger partial charge in [0.2, 0.25) is 35.9 Å². The fraction of sp³-hybridized carbons (Fsp3) is 0.583. The molecule has 0 aromatic carbocycles. The Kier molecular flexibility index (Phi) is 34.4. The van der Waals surface area contributed by atoms with Crippen molar-refractivity contribution in [3.63, 3.8) is 0 Å². The lowest BCUT2D eigenvalue weighted by atomic mass is 10.3. The van der Waals surface area contributed by atoms with Crippen LogP contribution < -0.4 is 43.8 Å². The van der Waals surface area contributed by atoms with Gasteiger partial charge in [-0.25, -0.2) is 4.79 Å². The molecule has 2 atom stereocenters. The predicted molar refractivity (Wildman–Crippen MR) is 169 cm³/mol. The molecule has 43 heavy (non-hydrogen) atoms. The number of guanidine groups is 1. The number of hydrogen-bond acceptors (Lipinski definition) is 10. The Hall–Kier alpha value is -4.18. The van der Waals surface area contributed by atoms with E-state index in [1.54, 1.807) is 0 Å². The Morgan fingerprint density at radius 1 is 0.884 bits per heavy atom. The van der Waals surface area contributed by atoms with Crippen LogP contribution in [-0.4, -0.2) is 103 Å². The highest BCUT2D eigenvalue weighted by molar-refractivity contribution is 7.80. The maximum atomic E-state index is 11.6. The molecule has 0 aliphatic heterocycles. The molecule has 0 aliphatic rings. The SMILES string of the molecule is C#CCCC.CC(N)=O.CCCN=C(N)N.O=CNC(CS)C(=O)NCC(=O)NCC(=O)NCC(=O)NC(CS)C(=O)O. The summed E-state index contributed by atoms with van der Waals surface area (Å²) in [7, 11) is 0. The van der Waals surface area contributed by atoms with Gasteiger partial charge >= 0.3 is 5.97 Å². The van der Waals surface area contributed by atoms with Crippen LogP contribution in [0.1, 0.15) is 40.0 Å². The minimum absolute atomic E-state index is 0.0343. The number of primary amides is 1. The summed E-state index contributed by atoms with van der Waals surface area (Å²) in [6.45, 7) is 4.76. The molecule has 0 bridgehead atoms. The lowest BCUT2D eigenvalue weighted by molar-refractivity contribution is -0.141. The molecule has 19 heteroatoms. The van der Waals surface area contributed by atoms with E-state index in [0.717, 1.165) is 25.8 Å². The van der Waals surface area contributed by atoms with E-state index in [0.29, 0.717) is 6.41 Å². The summed E-state index contributed by atoms with van der Waals surface area (Å²) < 4.78 is 0. The van der Waals surface area contributed by atoms with Gasteiger partial charge in [-0.2, -0.15) is 25.3 Å². The van der Waals surface area contributed by atoms with Gasteiger partial charge < -0.3 is 48.9 Å². The Labute approximate surface area is 262 Å². The summed E-state index contributed by atoms with van der Waals surface area (Å²) >= 11 is 7.65. The summed E-state index contributed by atoms with van der Waals surface area (Å²) in [6.07, 6.45) is 8.24. The monoisotopic (exact) mass is 651 g/mol. The third-order valence-electron chi connectivity index (χ3n) is 3.81. The smallest absolute Gasteiger partial charge is 0.327 e. The molecule has 0 aromatic heterocycles. The number of nitrogens with zero attached hydrogens (tertiary/aromatic N) is 1. The number of aliphatic imine (C=N–C) groups is 1. The number of carbonyl (C=O) groups excluding carboxylic acids is 6. The molecule has 0 aromatic rings. The largest absolute Gasteiger partial charge is 0.480 e. The van der Waals surface area contributed by atoms with E-state index in [-0.39, 0.29) is 23.4 Å². The average Bonchev–Trinajstić information content (AvgIpc) is 2.94. The van der Waals surface area contributed by atoms with E-state index in [4.69, 9.17) is 23.0 Å². The van der Waals surface area contributed by atoms with Crippen LogP contribution in [0.5, 0.6) is 0 Å². The zero-order valence-electron chi connectivity index (χ0n) is 24.6. The van der Waals surface area contributed by atoms with E-state index in [9.17, 15) is 33.6 Å². The van der Waals surface area contributed by atoms with Crippen LogP contribution in [0, 0.1) is 12.3 Å². The molecule has 0 radical (unpaired) electrons. The van der Waals surface area contributed by atoms with Crippen molar-refractivity contribution in [2.75, 3.05) is 37.7 Å². The molecule has 0 heterocycles. The number of carboxylic acids is 1. The third-order valence-corrected chi connectivity index (χ3v) is 4.54. The van der Waals surface area contributed by atoms with Crippen LogP contribution in [0.15, 0.2) is 4.99 Å². The molecule has 0 fully saturated rings. The van der Waals surface area contributed by atoms with Crippen LogP contribution in [0.3, 0.4) is 0 Å². The molecule has 6 amide bonds. The van der Waals surface area contributed by atoms with Gasteiger partial charge in [0.1, 0.15) is 12.1 Å². The second-order valence-electron chi connectivity index (χ2n) is 7.80. The summed E-state index contributed by atoms with van der Waals surface area (Å²) in [5.41, 5.74) is 14.5. The first kappa shape index (κ1) is 45.8. The number of thiol groups is 2. The summed E-state index contributed by atoms with van der Waals surface area (Å²) in [5, 5.41) is 19.8. The van der Waals surface area contributed by atoms with Crippen LogP contribution in [-0.2, 0) is 33.6 Å². The van der Waals surface area contributed by atoms with Gasteiger partial charge in [-0.1, -0.05) is 13.8 Å². The van der Waals surface area contributed by atoms with E-state index >= 15 is 0 Å². The number of carboxylic acid groups (broad SMARTS) is 1. The fourth-order valence-corrected chi connectivity index (χ4v) is 2.40. The molecule has 0 aliphatic carbocycles. The Morgan fingerprint density at radius 3 is 1.65 bits per heavy atom. The minimum Gasteiger partial charge on any atom is -0.480 e. The topological polar surface area (TPSA) is 290 Å². The molecule has 0 spiro atoms.